The predicted octanol–water partition coefficient (Wildman–Crippen LogP) is 6.37. The summed E-state index contributed by atoms with van der Waals surface area (Å²) in [5.74, 6) is 0.975. The Morgan fingerprint density at radius 1 is 0.838 bits per heavy atom. The number of fused-ring (bicyclic) bond motifs is 1. The maximum atomic E-state index is 10.1. The largest absolute Gasteiger partial charge is 0.353 e. The smallest absolute Gasteiger partial charge is 0.204 e. The van der Waals surface area contributed by atoms with Gasteiger partial charge in [-0.05, 0) is 61.8 Å². The van der Waals surface area contributed by atoms with E-state index in [9.17, 15) is 5.26 Å². The van der Waals surface area contributed by atoms with Gasteiger partial charge in [-0.25, -0.2) is 4.98 Å². The fraction of sp³-hybridized carbons (Fsp3) is 0.375. The van der Waals surface area contributed by atoms with Gasteiger partial charge in [-0.15, -0.1) is 0 Å². The minimum Gasteiger partial charge on any atom is -0.353 e. The highest BCUT2D eigenvalue weighted by molar-refractivity contribution is 5.78. The fourth-order valence-electron chi connectivity index (χ4n) is 6.39. The minimum absolute atomic E-state index is 0.310. The number of para-hydroxylation sites is 2. The Morgan fingerprint density at radius 3 is 2.19 bits per heavy atom. The van der Waals surface area contributed by atoms with Gasteiger partial charge in [0, 0.05) is 25.2 Å². The Morgan fingerprint density at radius 2 is 1.49 bits per heavy atom. The Labute approximate surface area is 219 Å². The first-order valence-electron chi connectivity index (χ1n) is 13.7. The molecule has 1 aliphatic carbocycles. The second kappa shape index (κ2) is 10.4. The number of nitriles is 1. The van der Waals surface area contributed by atoms with Gasteiger partial charge < -0.3 is 14.8 Å². The van der Waals surface area contributed by atoms with Crippen molar-refractivity contribution in [3.63, 3.8) is 0 Å². The number of nitrogens with one attached hydrogen (secondary N) is 1. The van der Waals surface area contributed by atoms with Crippen LogP contribution in [0.15, 0.2) is 84.9 Å². The van der Waals surface area contributed by atoms with E-state index in [1.165, 1.54) is 16.6 Å². The lowest BCUT2D eigenvalue weighted by Crippen LogP contribution is -2.47. The molecule has 2 heterocycles. The van der Waals surface area contributed by atoms with Crippen LogP contribution in [-0.2, 0) is 12.0 Å². The van der Waals surface area contributed by atoms with Crippen LogP contribution in [0.5, 0.6) is 0 Å². The molecule has 1 aliphatic heterocycles. The van der Waals surface area contributed by atoms with Gasteiger partial charge in [-0.1, -0.05) is 72.8 Å². The molecule has 0 amide bonds. The third-order valence-electron chi connectivity index (χ3n) is 8.57. The average molecular weight is 490 g/mol. The van der Waals surface area contributed by atoms with Crippen LogP contribution >= 0.6 is 0 Å². The van der Waals surface area contributed by atoms with Crippen molar-refractivity contribution in [2.45, 2.75) is 62.6 Å². The van der Waals surface area contributed by atoms with Crippen molar-refractivity contribution >= 4 is 17.0 Å². The van der Waals surface area contributed by atoms with Crippen LogP contribution in [0.3, 0.4) is 0 Å². The number of imidazole rings is 1. The highest BCUT2D eigenvalue weighted by Crippen LogP contribution is 2.40. The number of rotatable bonds is 6. The first kappa shape index (κ1) is 23.8. The maximum Gasteiger partial charge on any atom is 0.204 e. The normalized spacial score (nSPS) is 23.1. The molecule has 0 unspecified atom stereocenters. The van der Waals surface area contributed by atoms with E-state index in [2.05, 4.69) is 99.7 Å². The number of anilines is 1. The van der Waals surface area contributed by atoms with Crippen molar-refractivity contribution in [2.24, 2.45) is 0 Å². The van der Waals surface area contributed by atoms with E-state index in [1.807, 2.05) is 6.07 Å². The van der Waals surface area contributed by atoms with Crippen LogP contribution in [0.25, 0.3) is 11.0 Å². The maximum absolute atomic E-state index is 10.1. The summed E-state index contributed by atoms with van der Waals surface area (Å²) >= 11 is 0. The molecule has 0 spiro atoms. The van der Waals surface area contributed by atoms with Gasteiger partial charge in [-0.3, -0.25) is 0 Å². The molecule has 1 aromatic heterocycles. The number of hydrogen-bond donors (Lipinski definition) is 1. The summed E-state index contributed by atoms with van der Waals surface area (Å²) in [5, 5.41) is 13.9. The number of aromatic nitrogens is 2. The molecule has 2 aliphatic rings. The van der Waals surface area contributed by atoms with Gasteiger partial charge in [-0.2, -0.15) is 5.26 Å². The third-order valence-corrected chi connectivity index (χ3v) is 8.57. The molecular formula is C32H35N5. The molecule has 0 bridgehead atoms. The first-order chi connectivity index (χ1) is 18.2. The van der Waals surface area contributed by atoms with E-state index in [-0.39, 0.29) is 5.41 Å². The zero-order chi connectivity index (χ0) is 25.1. The zero-order valence-corrected chi connectivity index (χ0v) is 21.4. The van der Waals surface area contributed by atoms with Crippen molar-refractivity contribution in [1.29, 1.82) is 5.26 Å². The third kappa shape index (κ3) is 4.86. The fourth-order valence-corrected chi connectivity index (χ4v) is 6.39. The van der Waals surface area contributed by atoms with Crippen molar-refractivity contribution in [3.05, 3.63) is 96.1 Å². The van der Waals surface area contributed by atoms with Gasteiger partial charge in [0.1, 0.15) is 0 Å². The van der Waals surface area contributed by atoms with Gasteiger partial charge in [0.2, 0.25) is 5.95 Å². The molecule has 1 saturated heterocycles. The predicted molar refractivity (Wildman–Crippen MR) is 149 cm³/mol. The molecule has 3 aromatic carbocycles. The molecule has 0 atom stereocenters. The summed E-state index contributed by atoms with van der Waals surface area (Å²) in [7, 11) is 0. The summed E-state index contributed by atoms with van der Waals surface area (Å²) in [6, 6.07) is 33.2. The lowest BCUT2D eigenvalue weighted by Gasteiger charge is -2.43. The molecule has 1 N–H and O–H groups in total. The van der Waals surface area contributed by atoms with Crippen LogP contribution < -0.4 is 5.32 Å². The minimum atomic E-state index is -0.310. The molecule has 5 nitrogen and oxygen atoms in total. The van der Waals surface area contributed by atoms with E-state index >= 15 is 0 Å². The van der Waals surface area contributed by atoms with Gasteiger partial charge >= 0.3 is 0 Å². The number of hydrogen-bond acceptors (Lipinski definition) is 4. The number of likely N-dealkylation sites (tertiary alicyclic amines) is 1. The van der Waals surface area contributed by atoms with Crippen molar-refractivity contribution < 1.29 is 0 Å². The molecule has 5 heteroatoms. The van der Waals surface area contributed by atoms with Crippen molar-refractivity contribution in [2.75, 3.05) is 18.4 Å². The van der Waals surface area contributed by atoms with Crippen molar-refractivity contribution in [3.8, 4) is 6.07 Å². The van der Waals surface area contributed by atoms with E-state index in [1.54, 1.807) is 0 Å². The lowest BCUT2D eigenvalue weighted by atomic mass is 9.69. The second-order valence-electron chi connectivity index (χ2n) is 10.7. The quantitative estimate of drug-likeness (QED) is 0.342. The molecule has 2 fully saturated rings. The Balaban J connectivity index is 1.09. The molecule has 4 aromatic rings. The summed E-state index contributed by atoms with van der Waals surface area (Å²) in [6.07, 6.45) is 6.36. The lowest BCUT2D eigenvalue weighted by molar-refractivity contribution is 0.111. The molecule has 188 valence electrons. The van der Waals surface area contributed by atoms with E-state index < -0.39 is 0 Å². The van der Waals surface area contributed by atoms with E-state index in [0.717, 1.165) is 69.6 Å². The van der Waals surface area contributed by atoms with Crippen molar-refractivity contribution in [1.82, 2.24) is 14.5 Å². The van der Waals surface area contributed by atoms with Gasteiger partial charge in [0.15, 0.2) is 0 Å². The molecule has 6 rings (SSSR count). The molecule has 0 radical (unpaired) electrons. The monoisotopic (exact) mass is 489 g/mol. The van der Waals surface area contributed by atoms with Crippen LogP contribution in [0.2, 0.25) is 0 Å². The highest BCUT2D eigenvalue weighted by atomic mass is 15.2. The van der Waals surface area contributed by atoms with E-state index in [4.69, 9.17) is 4.98 Å². The summed E-state index contributed by atoms with van der Waals surface area (Å²) in [5.41, 5.74) is 4.38. The summed E-state index contributed by atoms with van der Waals surface area (Å²) in [6.45, 7) is 3.02. The second-order valence-corrected chi connectivity index (χ2v) is 10.7. The molecular weight excluding hydrogens is 454 g/mol. The summed E-state index contributed by atoms with van der Waals surface area (Å²) in [4.78, 5) is 7.65. The number of piperidine rings is 1. The molecule has 37 heavy (non-hydrogen) atoms. The van der Waals surface area contributed by atoms with Gasteiger partial charge in [0.05, 0.1) is 29.1 Å². The Kier molecular flexibility index (Phi) is 6.68. The van der Waals surface area contributed by atoms with Crippen LogP contribution in [0.1, 0.15) is 49.7 Å². The molecule has 1 saturated carbocycles. The number of benzene rings is 3. The highest BCUT2D eigenvalue weighted by Gasteiger charge is 2.39. The van der Waals surface area contributed by atoms with Gasteiger partial charge in [0.25, 0.3) is 0 Å². The zero-order valence-electron chi connectivity index (χ0n) is 21.4. The average Bonchev–Trinajstić information content (AvgIpc) is 3.31. The Bertz CT molecular complexity index is 1350. The van der Waals surface area contributed by atoms with E-state index in [0.29, 0.717) is 12.1 Å². The van der Waals surface area contributed by atoms with Crippen LogP contribution in [-0.4, -0.2) is 39.6 Å². The van der Waals surface area contributed by atoms with Crippen LogP contribution in [0.4, 0.5) is 5.95 Å². The SMILES string of the molecule is N#CC1(c2ccccc2)CCC(N2CCC(Nc3nc4ccccc4n3Cc3ccccc3)CC2)CC1. The summed E-state index contributed by atoms with van der Waals surface area (Å²) < 4.78 is 2.32. The number of nitrogens with zero attached hydrogens (tertiary/aromatic N) is 4. The standard InChI is InChI=1S/C32H35N5/c33-24-32(26-11-5-2-6-12-26)19-15-28(16-20-32)36-21-17-27(18-22-36)34-31-35-29-13-7-8-14-30(29)37(31)23-25-9-3-1-4-10-25/h1-14,27-28H,15-23H2,(H,34,35). The Hall–Kier alpha value is -3.62. The topological polar surface area (TPSA) is 56.9 Å². The van der Waals surface area contributed by atoms with Crippen LogP contribution in [0, 0.1) is 11.3 Å². The first-order valence-corrected chi connectivity index (χ1v) is 13.7.